The molecule has 3 heterocycles. The van der Waals surface area contributed by atoms with Gasteiger partial charge in [-0.3, -0.25) is 9.36 Å². The van der Waals surface area contributed by atoms with Crippen molar-refractivity contribution >= 4 is 40.0 Å². The number of fused-ring (bicyclic) bond motifs is 1. The van der Waals surface area contributed by atoms with Crippen LogP contribution in [0.25, 0.3) is 11.0 Å². The number of rotatable bonds is 7. The molecule has 0 bridgehead atoms. The van der Waals surface area contributed by atoms with Gasteiger partial charge < -0.3 is 20.1 Å². The van der Waals surface area contributed by atoms with E-state index >= 15 is 0 Å². The lowest BCUT2D eigenvalue weighted by atomic mass is 10.1. The predicted molar refractivity (Wildman–Crippen MR) is 138 cm³/mol. The molecule has 1 aliphatic rings. The zero-order chi connectivity index (χ0) is 24.2. The van der Waals surface area contributed by atoms with Crippen molar-refractivity contribution in [2.24, 2.45) is 0 Å². The average molecular weight is 492 g/mol. The molecule has 5 rings (SSSR count). The van der Waals surface area contributed by atoms with E-state index in [1.165, 1.54) is 0 Å². The third-order valence-electron chi connectivity index (χ3n) is 6.04. The summed E-state index contributed by atoms with van der Waals surface area (Å²) in [5.41, 5.74) is 2.65. The van der Waals surface area contributed by atoms with E-state index in [1.807, 2.05) is 54.6 Å². The lowest BCUT2D eigenvalue weighted by Crippen LogP contribution is -2.30. The first kappa shape index (κ1) is 23.1. The fourth-order valence-electron chi connectivity index (χ4n) is 4.14. The van der Waals surface area contributed by atoms with Gasteiger partial charge in [-0.2, -0.15) is 4.98 Å². The van der Waals surface area contributed by atoms with Crippen molar-refractivity contribution in [3.63, 3.8) is 0 Å². The highest BCUT2D eigenvalue weighted by molar-refractivity contribution is 6.30. The van der Waals surface area contributed by atoms with Crippen LogP contribution < -0.4 is 20.9 Å². The normalized spacial score (nSPS) is 14.1. The van der Waals surface area contributed by atoms with Crippen LogP contribution in [0.3, 0.4) is 0 Å². The molecule has 0 saturated carbocycles. The second kappa shape index (κ2) is 10.3. The molecule has 35 heavy (non-hydrogen) atoms. The van der Waals surface area contributed by atoms with Crippen LogP contribution in [0.1, 0.15) is 18.4 Å². The van der Waals surface area contributed by atoms with Crippen molar-refractivity contribution in [3.8, 4) is 5.75 Å². The third kappa shape index (κ3) is 5.23. The smallest absolute Gasteiger partial charge is 0.266 e. The first-order valence-corrected chi connectivity index (χ1v) is 11.9. The lowest BCUT2D eigenvalue weighted by molar-refractivity contribution is 0.0905. The van der Waals surface area contributed by atoms with Gasteiger partial charge in [-0.05, 0) is 60.9 Å². The fraction of sp³-hybridized carbons (Fsp3) is 0.269. The van der Waals surface area contributed by atoms with E-state index < -0.39 is 0 Å². The van der Waals surface area contributed by atoms with Gasteiger partial charge in [0.05, 0.1) is 19.3 Å². The Morgan fingerprint density at radius 3 is 2.54 bits per heavy atom. The van der Waals surface area contributed by atoms with E-state index in [4.69, 9.17) is 26.1 Å². The van der Waals surface area contributed by atoms with Gasteiger partial charge >= 0.3 is 0 Å². The summed E-state index contributed by atoms with van der Waals surface area (Å²) in [6.07, 6.45) is 3.44. The SMILES string of the molecule is COc1ccc(Nc2nc3nccc(NC4CCOCC4)c3c(=O)n2Cc2ccc(Cl)cc2)cc1. The van der Waals surface area contributed by atoms with Crippen molar-refractivity contribution in [3.05, 3.63) is 81.7 Å². The van der Waals surface area contributed by atoms with Gasteiger partial charge in [0.15, 0.2) is 5.65 Å². The van der Waals surface area contributed by atoms with Gasteiger partial charge in [-0.1, -0.05) is 23.7 Å². The zero-order valence-corrected chi connectivity index (χ0v) is 20.1. The molecule has 180 valence electrons. The Balaban J connectivity index is 1.59. The summed E-state index contributed by atoms with van der Waals surface area (Å²) in [5.74, 6) is 1.14. The van der Waals surface area contributed by atoms with Gasteiger partial charge in [0.25, 0.3) is 5.56 Å². The molecule has 2 N–H and O–H groups in total. The first-order valence-electron chi connectivity index (χ1n) is 11.5. The maximum absolute atomic E-state index is 13.9. The predicted octanol–water partition coefficient (Wildman–Crippen LogP) is 4.84. The minimum atomic E-state index is -0.177. The van der Waals surface area contributed by atoms with Gasteiger partial charge in [-0.25, -0.2) is 4.98 Å². The molecule has 1 aliphatic heterocycles. The van der Waals surface area contributed by atoms with Crippen LogP contribution in [0.15, 0.2) is 65.6 Å². The number of aromatic nitrogens is 3. The molecule has 9 heteroatoms. The Hall–Kier alpha value is -3.62. The number of hydrogen-bond acceptors (Lipinski definition) is 7. The molecule has 1 saturated heterocycles. The van der Waals surface area contributed by atoms with Crippen LogP contribution in [0, 0.1) is 0 Å². The van der Waals surface area contributed by atoms with E-state index in [0.717, 1.165) is 35.5 Å². The third-order valence-corrected chi connectivity index (χ3v) is 6.29. The van der Waals surface area contributed by atoms with Crippen molar-refractivity contribution in [2.45, 2.75) is 25.4 Å². The standard InChI is InChI=1S/C26H26ClN5O3/c1-34-21-8-6-19(7-9-21)30-26-31-24-23(22(10-13-28-24)29-20-11-14-35-15-12-20)25(33)32(26)16-17-2-4-18(27)5-3-17/h2-10,13,20H,11-12,14-16H2,1H3,(H2,28,29,30,31). The zero-order valence-electron chi connectivity index (χ0n) is 19.3. The fourth-order valence-corrected chi connectivity index (χ4v) is 4.26. The van der Waals surface area contributed by atoms with Crippen molar-refractivity contribution in [2.75, 3.05) is 31.0 Å². The number of hydrogen-bond donors (Lipinski definition) is 2. The van der Waals surface area contributed by atoms with Crippen LogP contribution in [0.4, 0.5) is 17.3 Å². The summed E-state index contributed by atoms with van der Waals surface area (Å²) in [6, 6.07) is 16.9. The number of nitrogens with one attached hydrogen (secondary N) is 2. The molecule has 8 nitrogen and oxygen atoms in total. The van der Waals surface area contributed by atoms with Gasteiger partial charge in [0, 0.05) is 36.2 Å². The van der Waals surface area contributed by atoms with Crippen LogP contribution >= 0.6 is 11.6 Å². The van der Waals surface area contributed by atoms with Crippen molar-refractivity contribution in [1.29, 1.82) is 0 Å². The number of benzene rings is 2. The average Bonchev–Trinajstić information content (AvgIpc) is 2.88. The molecule has 0 atom stereocenters. The number of pyridine rings is 1. The van der Waals surface area contributed by atoms with Gasteiger partial charge in [-0.15, -0.1) is 0 Å². The Morgan fingerprint density at radius 2 is 1.83 bits per heavy atom. The summed E-state index contributed by atoms with van der Waals surface area (Å²) in [4.78, 5) is 23.1. The van der Waals surface area contributed by atoms with E-state index in [9.17, 15) is 4.79 Å². The molecule has 4 aromatic rings. The van der Waals surface area contributed by atoms with E-state index in [1.54, 1.807) is 17.9 Å². The van der Waals surface area contributed by atoms with E-state index in [-0.39, 0.29) is 11.6 Å². The quantitative estimate of drug-likeness (QED) is 0.382. The van der Waals surface area contributed by atoms with Gasteiger partial charge in [0.2, 0.25) is 5.95 Å². The molecule has 0 aliphatic carbocycles. The lowest BCUT2D eigenvalue weighted by Gasteiger charge is -2.24. The second-order valence-corrected chi connectivity index (χ2v) is 8.83. The Morgan fingerprint density at radius 1 is 1.09 bits per heavy atom. The van der Waals surface area contributed by atoms with Crippen LogP contribution in [0.5, 0.6) is 5.75 Å². The maximum Gasteiger partial charge on any atom is 0.266 e. The summed E-state index contributed by atoms with van der Waals surface area (Å²) < 4.78 is 12.4. The summed E-state index contributed by atoms with van der Waals surface area (Å²) in [7, 11) is 1.62. The van der Waals surface area contributed by atoms with Crippen molar-refractivity contribution < 1.29 is 9.47 Å². The minimum absolute atomic E-state index is 0.177. The number of nitrogens with zero attached hydrogens (tertiary/aromatic N) is 3. The summed E-state index contributed by atoms with van der Waals surface area (Å²) >= 11 is 6.07. The molecule has 0 spiro atoms. The largest absolute Gasteiger partial charge is 0.497 e. The number of ether oxygens (including phenoxy) is 2. The number of anilines is 3. The van der Waals surface area contributed by atoms with Crippen LogP contribution in [0.2, 0.25) is 5.02 Å². The molecular formula is C26H26ClN5O3. The number of halogens is 1. The van der Waals surface area contributed by atoms with Crippen LogP contribution in [-0.4, -0.2) is 40.9 Å². The molecule has 0 radical (unpaired) electrons. The minimum Gasteiger partial charge on any atom is -0.497 e. The van der Waals surface area contributed by atoms with Crippen molar-refractivity contribution in [1.82, 2.24) is 14.5 Å². The van der Waals surface area contributed by atoms with E-state index in [0.29, 0.717) is 41.8 Å². The first-order chi connectivity index (χ1) is 17.1. The molecule has 2 aromatic heterocycles. The highest BCUT2D eigenvalue weighted by Crippen LogP contribution is 2.24. The Labute approximate surface area is 207 Å². The van der Waals surface area contributed by atoms with Crippen LogP contribution in [-0.2, 0) is 11.3 Å². The highest BCUT2D eigenvalue weighted by atomic mass is 35.5. The summed E-state index contributed by atoms with van der Waals surface area (Å²) in [6.45, 7) is 1.73. The molecule has 1 fully saturated rings. The van der Waals surface area contributed by atoms with E-state index in [2.05, 4.69) is 15.6 Å². The maximum atomic E-state index is 13.9. The molecule has 0 amide bonds. The van der Waals surface area contributed by atoms with Gasteiger partial charge in [0.1, 0.15) is 11.1 Å². The summed E-state index contributed by atoms with van der Waals surface area (Å²) in [5, 5.41) is 7.91. The Kier molecular flexibility index (Phi) is 6.83. The highest BCUT2D eigenvalue weighted by Gasteiger charge is 2.19. The molecule has 2 aromatic carbocycles. The number of methoxy groups -OCH3 is 1. The monoisotopic (exact) mass is 491 g/mol. The molecular weight excluding hydrogens is 466 g/mol. The second-order valence-electron chi connectivity index (χ2n) is 8.39. The molecule has 0 unspecified atom stereocenters. The Bertz CT molecular complexity index is 1370. The topological polar surface area (TPSA) is 90.3 Å².